The summed E-state index contributed by atoms with van der Waals surface area (Å²) in [5, 5.41) is 11.0. The fourth-order valence-electron chi connectivity index (χ4n) is 2.41. The van der Waals surface area contributed by atoms with Crippen molar-refractivity contribution in [3.05, 3.63) is 99.9 Å². The van der Waals surface area contributed by atoms with Crippen LogP contribution in [0.3, 0.4) is 0 Å². The number of esters is 1. The van der Waals surface area contributed by atoms with Crippen molar-refractivity contribution in [3.8, 4) is 5.75 Å². The molecule has 0 saturated heterocycles. The molecule has 2 N–H and O–H groups in total. The molecular formula is C19H12IN3O6. The van der Waals surface area contributed by atoms with Gasteiger partial charge < -0.3 is 9.72 Å². The van der Waals surface area contributed by atoms with E-state index in [2.05, 4.69) is 4.98 Å². The molecule has 1 aromatic heterocycles. The van der Waals surface area contributed by atoms with E-state index in [4.69, 9.17) is 4.74 Å². The number of halogens is 1. The van der Waals surface area contributed by atoms with Gasteiger partial charge in [-0.2, -0.15) is 0 Å². The number of aromatic amines is 2. The first-order valence-electron chi connectivity index (χ1n) is 8.11. The van der Waals surface area contributed by atoms with Crippen LogP contribution in [0.25, 0.3) is 12.2 Å². The number of H-pyrrole nitrogens is 2. The molecule has 3 rings (SSSR count). The number of carbonyl (C=O) groups is 1. The van der Waals surface area contributed by atoms with Crippen LogP contribution in [0.2, 0.25) is 0 Å². The van der Waals surface area contributed by atoms with Crippen LogP contribution in [0.1, 0.15) is 21.6 Å². The molecule has 0 unspecified atom stereocenters. The SMILES string of the molecule is O=C(Oc1ccc(/C=C/c2[nH]c(=O)[nH]c(=O)c2[N+](=O)[O-])cc1)c1ccccc1I. The van der Waals surface area contributed by atoms with Crippen LogP contribution in [0.4, 0.5) is 5.69 Å². The summed E-state index contributed by atoms with van der Waals surface area (Å²) in [6.45, 7) is 0. The summed E-state index contributed by atoms with van der Waals surface area (Å²) in [5.41, 5.74) is -1.87. The number of nitrogens with one attached hydrogen (secondary N) is 2. The normalized spacial score (nSPS) is 10.8. The first kappa shape index (κ1) is 20.2. The molecule has 0 fully saturated rings. The first-order chi connectivity index (χ1) is 13.8. The second-order valence-corrected chi connectivity index (χ2v) is 6.86. The quantitative estimate of drug-likeness (QED) is 0.180. The molecule has 146 valence electrons. The van der Waals surface area contributed by atoms with Gasteiger partial charge >= 0.3 is 22.9 Å². The van der Waals surface area contributed by atoms with Crippen molar-refractivity contribution in [1.29, 1.82) is 0 Å². The molecule has 3 aromatic rings. The van der Waals surface area contributed by atoms with Crippen LogP contribution in [0.5, 0.6) is 5.75 Å². The van der Waals surface area contributed by atoms with E-state index in [0.717, 1.165) is 3.57 Å². The number of aromatic nitrogens is 2. The number of ether oxygens (including phenoxy) is 1. The maximum atomic E-state index is 12.2. The van der Waals surface area contributed by atoms with E-state index in [1.807, 2.05) is 33.6 Å². The maximum Gasteiger partial charge on any atom is 0.357 e. The third kappa shape index (κ3) is 4.85. The molecule has 0 bridgehead atoms. The number of nitrogens with zero attached hydrogens (tertiary/aromatic N) is 1. The van der Waals surface area contributed by atoms with Crippen LogP contribution in [-0.4, -0.2) is 20.9 Å². The van der Waals surface area contributed by atoms with Crippen molar-refractivity contribution in [1.82, 2.24) is 9.97 Å². The molecule has 0 saturated carbocycles. The molecule has 0 spiro atoms. The predicted octanol–water partition coefficient (Wildman–Crippen LogP) is 2.97. The van der Waals surface area contributed by atoms with Crippen molar-refractivity contribution in [2.24, 2.45) is 0 Å². The number of carbonyl (C=O) groups excluding carboxylic acids is 1. The number of nitro groups is 1. The van der Waals surface area contributed by atoms with Gasteiger partial charge in [-0.1, -0.05) is 30.3 Å². The minimum atomic E-state index is -1.09. The van der Waals surface area contributed by atoms with E-state index in [1.54, 1.807) is 42.5 Å². The van der Waals surface area contributed by atoms with Crippen molar-refractivity contribution in [2.45, 2.75) is 0 Å². The standard InChI is InChI=1S/C19H12IN3O6/c20-14-4-2-1-3-13(14)18(25)29-12-8-5-11(6-9-12)7-10-15-16(23(27)28)17(24)22-19(26)21-15/h1-10H,(H2,21,22,24,26)/b10-7+. The summed E-state index contributed by atoms with van der Waals surface area (Å²) >= 11 is 2.04. The van der Waals surface area contributed by atoms with Crippen LogP contribution in [0, 0.1) is 13.7 Å². The topological polar surface area (TPSA) is 135 Å². The third-order valence-corrected chi connectivity index (χ3v) is 4.70. The summed E-state index contributed by atoms with van der Waals surface area (Å²) in [6.07, 6.45) is 2.73. The lowest BCUT2D eigenvalue weighted by molar-refractivity contribution is -0.386. The molecule has 29 heavy (non-hydrogen) atoms. The van der Waals surface area contributed by atoms with E-state index in [9.17, 15) is 24.5 Å². The number of rotatable bonds is 5. The molecule has 10 heteroatoms. The van der Waals surface area contributed by atoms with E-state index >= 15 is 0 Å². The summed E-state index contributed by atoms with van der Waals surface area (Å²) in [4.78, 5) is 49.4. The lowest BCUT2D eigenvalue weighted by atomic mass is 10.2. The van der Waals surface area contributed by atoms with Gasteiger partial charge in [-0.3, -0.25) is 19.9 Å². The molecule has 0 aliphatic rings. The third-order valence-electron chi connectivity index (χ3n) is 3.75. The van der Waals surface area contributed by atoms with Crippen LogP contribution in [-0.2, 0) is 0 Å². The summed E-state index contributed by atoms with van der Waals surface area (Å²) in [6, 6.07) is 13.4. The smallest absolute Gasteiger partial charge is 0.357 e. The molecule has 0 aliphatic heterocycles. The Labute approximate surface area is 176 Å². The average Bonchev–Trinajstić information content (AvgIpc) is 2.67. The number of benzene rings is 2. The number of hydrogen-bond acceptors (Lipinski definition) is 6. The molecule has 0 radical (unpaired) electrons. The zero-order chi connectivity index (χ0) is 21.0. The highest BCUT2D eigenvalue weighted by Crippen LogP contribution is 2.19. The van der Waals surface area contributed by atoms with Crippen molar-refractivity contribution in [3.63, 3.8) is 0 Å². The van der Waals surface area contributed by atoms with Crippen molar-refractivity contribution in [2.75, 3.05) is 0 Å². The minimum absolute atomic E-state index is 0.224. The summed E-state index contributed by atoms with van der Waals surface area (Å²) in [5.74, 6) is -0.169. The molecule has 0 atom stereocenters. The zero-order valence-corrected chi connectivity index (χ0v) is 16.7. The predicted molar refractivity (Wildman–Crippen MR) is 114 cm³/mol. The van der Waals surface area contributed by atoms with Crippen LogP contribution >= 0.6 is 22.6 Å². The largest absolute Gasteiger partial charge is 0.423 e. The number of hydrogen-bond donors (Lipinski definition) is 2. The summed E-state index contributed by atoms with van der Waals surface area (Å²) in [7, 11) is 0. The Morgan fingerprint density at radius 2 is 1.72 bits per heavy atom. The fourth-order valence-corrected chi connectivity index (χ4v) is 3.02. The molecule has 9 nitrogen and oxygen atoms in total. The van der Waals surface area contributed by atoms with Crippen LogP contribution in [0.15, 0.2) is 58.1 Å². The highest BCUT2D eigenvalue weighted by atomic mass is 127. The van der Waals surface area contributed by atoms with Gasteiger partial charge in [-0.15, -0.1) is 0 Å². The molecule has 0 aliphatic carbocycles. The second-order valence-electron chi connectivity index (χ2n) is 5.70. The van der Waals surface area contributed by atoms with Crippen molar-refractivity contribution < 1.29 is 14.5 Å². The highest BCUT2D eigenvalue weighted by Gasteiger charge is 2.18. The zero-order valence-electron chi connectivity index (χ0n) is 14.5. The van der Waals surface area contributed by atoms with Gasteiger partial charge in [0.2, 0.25) is 0 Å². The van der Waals surface area contributed by atoms with Gasteiger partial charge in [-0.05, 0) is 58.5 Å². The van der Waals surface area contributed by atoms with Gasteiger partial charge in [-0.25, -0.2) is 9.59 Å². The van der Waals surface area contributed by atoms with Crippen molar-refractivity contribution >= 4 is 46.4 Å². The van der Waals surface area contributed by atoms with Crippen LogP contribution < -0.4 is 16.0 Å². The Morgan fingerprint density at radius 1 is 1.03 bits per heavy atom. The van der Waals surface area contributed by atoms with Gasteiger partial charge in [0.25, 0.3) is 0 Å². The minimum Gasteiger partial charge on any atom is -0.423 e. The Hall–Kier alpha value is -3.54. The molecule has 1 heterocycles. The Morgan fingerprint density at radius 3 is 2.38 bits per heavy atom. The lowest BCUT2D eigenvalue weighted by Crippen LogP contribution is -2.25. The highest BCUT2D eigenvalue weighted by molar-refractivity contribution is 14.1. The Kier molecular flexibility index (Phi) is 6.02. The van der Waals surface area contributed by atoms with E-state index in [1.165, 1.54) is 12.2 Å². The Balaban J connectivity index is 1.79. The lowest BCUT2D eigenvalue weighted by Gasteiger charge is -2.06. The molecule has 0 amide bonds. The fraction of sp³-hybridized carbons (Fsp3) is 0. The average molecular weight is 505 g/mol. The molecule has 2 aromatic carbocycles. The van der Waals surface area contributed by atoms with Gasteiger partial charge in [0, 0.05) is 3.57 Å². The Bertz CT molecular complexity index is 1230. The first-order valence-corrected chi connectivity index (χ1v) is 9.19. The van der Waals surface area contributed by atoms with Gasteiger partial charge in [0.05, 0.1) is 10.5 Å². The monoisotopic (exact) mass is 505 g/mol. The second kappa shape index (κ2) is 8.65. The maximum absolute atomic E-state index is 12.2. The van der Waals surface area contributed by atoms with Gasteiger partial charge in [0.15, 0.2) is 0 Å². The van der Waals surface area contributed by atoms with Gasteiger partial charge in [0.1, 0.15) is 11.4 Å². The van der Waals surface area contributed by atoms with E-state index in [-0.39, 0.29) is 5.69 Å². The summed E-state index contributed by atoms with van der Waals surface area (Å²) < 4.78 is 6.10. The van der Waals surface area contributed by atoms with E-state index < -0.39 is 27.8 Å². The van der Waals surface area contributed by atoms with E-state index in [0.29, 0.717) is 16.9 Å². The molecular weight excluding hydrogens is 493 g/mol.